The topological polar surface area (TPSA) is 95.9 Å². The highest BCUT2D eigenvalue weighted by atomic mass is 16.6. The Labute approximate surface area is 177 Å². The van der Waals surface area contributed by atoms with Gasteiger partial charge in [0.2, 0.25) is 0 Å². The molecule has 0 fully saturated rings. The normalized spacial score (nSPS) is 14.4. The van der Waals surface area contributed by atoms with Crippen LogP contribution < -0.4 is 5.32 Å². The van der Waals surface area contributed by atoms with Crippen molar-refractivity contribution < 1.29 is 24.5 Å². The first kappa shape index (κ1) is 23.4. The summed E-state index contributed by atoms with van der Waals surface area (Å²) >= 11 is 0. The van der Waals surface area contributed by atoms with Crippen molar-refractivity contribution in [3.05, 3.63) is 71.8 Å². The van der Waals surface area contributed by atoms with E-state index < -0.39 is 35.7 Å². The summed E-state index contributed by atoms with van der Waals surface area (Å²) in [6.45, 7) is 5.28. The number of carboxylic acid groups (broad SMARTS) is 1. The predicted octanol–water partition coefficient (Wildman–Crippen LogP) is 3.82. The number of aliphatic carboxylic acids is 1. The van der Waals surface area contributed by atoms with Crippen LogP contribution in [0, 0.1) is 5.92 Å². The summed E-state index contributed by atoms with van der Waals surface area (Å²) in [7, 11) is 0. The van der Waals surface area contributed by atoms with E-state index in [0.29, 0.717) is 12.8 Å². The van der Waals surface area contributed by atoms with Gasteiger partial charge in [0.25, 0.3) is 0 Å². The van der Waals surface area contributed by atoms with Crippen LogP contribution in [-0.2, 0) is 22.4 Å². The van der Waals surface area contributed by atoms with Crippen LogP contribution in [0.25, 0.3) is 0 Å². The van der Waals surface area contributed by atoms with Gasteiger partial charge in [-0.05, 0) is 51.2 Å². The monoisotopic (exact) mass is 413 g/mol. The van der Waals surface area contributed by atoms with Crippen LogP contribution in [0.4, 0.5) is 4.79 Å². The highest BCUT2D eigenvalue weighted by Gasteiger charge is 2.29. The zero-order chi connectivity index (χ0) is 22.1. The average Bonchev–Trinajstić information content (AvgIpc) is 2.67. The quantitative estimate of drug-likeness (QED) is 0.581. The van der Waals surface area contributed by atoms with E-state index in [1.807, 2.05) is 60.7 Å². The lowest BCUT2D eigenvalue weighted by molar-refractivity contribution is -0.143. The molecule has 0 saturated heterocycles. The minimum absolute atomic E-state index is 0.0114. The molecule has 0 radical (unpaired) electrons. The number of benzene rings is 2. The van der Waals surface area contributed by atoms with Crippen LogP contribution in [0.5, 0.6) is 0 Å². The maximum absolute atomic E-state index is 12.3. The highest BCUT2D eigenvalue weighted by Crippen LogP contribution is 2.19. The second-order valence-corrected chi connectivity index (χ2v) is 8.47. The molecule has 6 heteroatoms. The Hall–Kier alpha value is -2.86. The minimum Gasteiger partial charge on any atom is -0.481 e. The second kappa shape index (κ2) is 10.8. The Kier molecular flexibility index (Phi) is 8.42. The summed E-state index contributed by atoms with van der Waals surface area (Å²) in [5, 5.41) is 23.3. The van der Waals surface area contributed by atoms with Gasteiger partial charge in [-0.1, -0.05) is 60.7 Å². The number of carbonyl (C=O) groups is 2. The molecule has 1 amide bonds. The smallest absolute Gasteiger partial charge is 0.407 e. The summed E-state index contributed by atoms with van der Waals surface area (Å²) in [4.78, 5) is 24.1. The second-order valence-electron chi connectivity index (χ2n) is 8.47. The van der Waals surface area contributed by atoms with Crippen LogP contribution in [0.15, 0.2) is 60.7 Å². The highest BCUT2D eigenvalue weighted by molar-refractivity contribution is 5.70. The maximum atomic E-state index is 12.3. The van der Waals surface area contributed by atoms with Gasteiger partial charge in [0.1, 0.15) is 5.60 Å². The van der Waals surface area contributed by atoms with E-state index in [4.69, 9.17) is 4.74 Å². The molecule has 0 spiro atoms. The molecule has 3 N–H and O–H groups in total. The third-order valence-electron chi connectivity index (χ3n) is 4.67. The molecule has 2 aromatic carbocycles. The molecule has 0 heterocycles. The zero-order valence-electron chi connectivity index (χ0n) is 17.7. The molecule has 2 rings (SSSR count). The zero-order valence-corrected chi connectivity index (χ0v) is 17.7. The van der Waals surface area contributed by atoms with E-state index >= 15 is 0 Å². The molecule has 6 nitrogen and oxygen atoms in total. The lowest BCUT2D eigenvalue weighted by atomic mass is 9.89. The van der Waals surface area contributed by atoms with E-state index in [9.17, 15) is 19.8 Å². The SMILES string of the molecule is CC(C)(C)OC(=O)NC(Cc1ccccc1)C(O)CC(Cc1ccccc1)C(=O)O. The first-order chi connectivity index (χ1) is 14.1. The van der Waals surface area contributed by atoms with E-state index in [0.717, 1.165) is 11.1 Å². The van der Waals surface area contributed by atoms with Crippen molar-refractivity contribution in [1.82, 2.24) is 5.32 Å². The number of nitrogens with one attached hydrogen (secondary N) is 1. The molecular formula is C24H31NO5. The lowest BCUT2D eigenvalue weighted by Gasteiger charge is -2.28. The Balaban J connectivity index is 2.13. The number of hydrogen-bond donors (Lipinski definition) is 3. The van der Waals surface area contributed by atoms with Crippen LogP contribution in [0.3, 0.4) is 0 Å². The Morgan fingerprint density at radius 3 is 1.90 bits per heavy atom. The number of aliphatic hydroxyl groups excluding tert-OH is 1. The summed E-state index contributed by atoms with van der Waals surface area (Å²) in [5.74, 6) is -1.75. The molecule has 0 bridgehead atoms. The number of ether oxygens (including phenoxy) is 1. The number of aliphatic hydroxyl groups is 1. The largest absolute Gasteiger partial charge is 0.481 e. The van der Waals surface area contributed by atoms with Gasteiger partial charge >= 0.3 is 12.1 Å². The van der Waals surface area contributed by atoms with Gasteiger partial charge in [-0.15, -0.1) is 0 Å². The molecule has 0 aromatic heterocycles. The number of amides is 1. The number of carboxylic acids is 1. The summed E-state index contributed by atoms with van der Waals surface area (Å²) in [6, 6.07) is 18.1. The summed E-state index contributed by atoms with van der Waals surface area (Å²) < 4.78 is 5.33. The fourth-order valence-electron chi connectivity index (χ4n) is 3.24. The van der Waals surface area contributed by atoms with Gasteiger partial charge in [0, 0.05) is 0 Å². The van der Waals surface area contributed by atoms with Crippen LogP contribution in [0.2, 0.25) is 0 Å². The molecule has 3 unspecified atom stereocenters. The van der Waals surface area contributed by atoms with E-state index in [1.54, 1.807) is 20.8 Å². The lowest BCUT2D eigenvalue weighted by Crippen LogP contribution is -2.47. The van der Waals surface area contributed by atoms with Gasteiger partial charge in [-0.25, -0.2) is 4.79 Å². The summed E-state index contributed by atoms with van der Waals surface area (Å²) in [6.07, 6.45) is -1.02. The fraction of sp³-hybridized carbons (Fsp3) is 0.417. The number of hydrogen-bond acceptors (Lipinski definition) is 4. The Morgan fingerprint density at radius 1 is 0.933 bits per heavy atom. The average molecular weight is 414 g/mol. The molecule has 3 atom stereocenters. The number of alkyl carbamates (subject to hydrolysis) is 1. The molecule has 0 aliphatic carbocycles. The Morgan fingerprint density at radius 2 is 1.43 bits per heavy atom. The van der Waals surface area contributed by atoms with Crippen LogP contribution in [0.1, 0.15) is 38.3 Å². The van der Waals surface area contributed by atoms with Crippen molar-refractivity contribution >= 4 is 12.1 Å². The van der Waals surface area contributed by atoms with E-state index in [-0.39, 0.29) is 6.42 Å². The summed E-state index contributed by atoms with van der Waals surface area (Å²) in [5.41, 5.74) is 1.13. The first-order valence-electron chi connectivity index (χ1n) is 10.1. The van der Waals surface area contributed by atoms with Gasteiger partial charge in [0.15, 0.2) is 0 Å². The van der Waals surface area contributed by atoms with Crippen LogP contribution >= 0.6 is 0 Å². The third-order valence-corrected chi connectivity index (χ3v) is 4.67. The van der Waals surface area contributed by atoms with Gasteiger partial charge in [0.05, 0.1) is 18.1 Å². The number of rotatable bonds is 9. The van der Waals surface area contributed by atoms with E-state index in [2.05, 4.69) is 5.32 Å². The molecule has 162 valence electrons. The van der Waals surface area contributed by atoms with Gasteiger partial charge < -0.3 is 20.3 Å². The maximum Gasteiger partial charge on any atom is 0.407 e. The van der Waals surface area contributed by atoms with E-state index in [1.165, 1.54) is 0 Å². The fourth-order valence-corrected chi connectivity index (χ4v) is 3.24. The van der Waals surface area contributed by atoms with Gasteiger partial charge in [-0.3, -0.25) is 4.79 Å². The van der Waals surface area contributed by atoms with Crippen molar-refractivity contribution in [2.45, 2.75) is 57.8 Å². The Bertz CT molecular complexity index is 801. The van der Waals surface area contributed by atoms with Crippen LogP contribution in [-0.4, -0.2) is 40.0 Å². The van der Waals surface area contributed by atoms with Crippen molar-refractivity contribution in [3.8, 4) is 0 Å². The van der Waals surface area contributed by atoms with Crippen molar-refractivity contribution in [1.29, 1.82) is 0 Å². The first-order valence-corrected chi connectivity index (χ1v) is 10.1. The minimum atomic E-state index is -1.05. The third kappa shape index (κ3) is 8.25. The van der Waals surface area contributed by atoms with Gasteiger partial charge in [-0.2, -0.15) is 0 Å². The van der Waals surface area contributed by atoms with Crippen molar-refractivity contribution in [2.75, 3.05) is 0 Å². The molecule has 0 aliphatic rings. The molecule has 0 aliphatic heterocycles. The molecule has 0 saturated carbocycles. The molecule has 30 heavy (non-hydrogen) atoms. The van der Waals surface area contributed by atoms with Crippen molar-refractivity contribution in [2.24, 2.45) is 5.92 Å². The van der Waals surface area contributed by atoms with Crippen molar-refractivity contribution in [3.63, 3.8) is 0 Å². The number of carbonyl (C=O) groups excluding carboxylic acids is 1. The molecule has 2 aromatic rings. The standard InChI is InChI=1S/C24H31NO5/c1-24(2,3)30-23(29)25-20(15-18-12-8-5-9-13-18)21(26)16-19(22(27)28)14-17-10-6-4-7-11-17/h4-13,19-21,26H,14-16H2,1-3H3,(H,25,29)(H,27,28). The molecular weight excluding hydrogens is 382 g/mol. The predicted molar refractivity (Wildman–Crippen MR) is 115 cm³/mol.